The predicted octanol–water partition coefficient (Wildman–Crippen LogP) is 0.693. The third kappa shape index (κ3) is 3.18. The maximum Gasteiger partial charge on any atom is 0.310 e. The lowest BCUT2D eigenvalue weighted by atomic mass is 9.84. The van der Waals surface area contributed by atoms with Crippen LogP contribution in [0.2, 0.25) is 0 Å². The van der Waals surface area contributed by atoms with Gasteiger partial charge in [-0.05, 0) is 19.3 Å². The zero-order valence-corrected chi connectivity index (χ0v) is 10.3. The molecule has 0 aromatic carbocycles. The molecule has 1 aliphatic heterocycles. The molecular formula is C10H18O5S. The molecule has 1 fully saturated rings. The summed E-state index contributed by atoms with van der Waals surface area (Å²) in [6, 6.07) is 0. The zero-order valence-electron chi connectivity index (χ0n) is 9.44. The molecule has 1 rings (SSSR count). The molecule has 1 heterocycles. The minimum absolute atomic E-state index is 0.0208. The third-order valence-electron chi connectivity index (χ3n) is 2.91. The van der Waals surface area contributed by atoms with Gasteiger partial charge in [0.15, 0.2) is 9.84 Å². The highest BCUT2D eigenvalue weighted by Crippen LogP contribution is 2.36. The van der Waals surface area contributed by atoms with Gasteiger partial charge in [-0.1, -0.05) is 6.92 Å². The molecule has 5 nitrogen and oxygen atoms in total. The maximum absolute atomic E-state index is 11.3. The molecule has 94 valence electrons. The monoisotopic (exact) mass is 250 g/mol. The van der Waals surface area contributed by atoms with Crippen molar-refractivity contribution in [1.29, 1.82) is 0 Å². The Labute approximate surface area is 95.7 Å². The van der Waals surface area contributed by atoms with Gasteiger partial charge in [-0.25, -0.2) is 8.42 Å². The van der Waals surface area contributed by atoms with E-state index in [9.17, 15) is 13.2 Å². The summed E-state index contributed by atoms with van der Waals surface area (Å²) >= 11 is 0. The number of ether oxygens (including phenoxy) is 1. The van der Waals surface area contributed by atoms with Gasteiger partial charge in [0.2, 0.25) is 0 Å². The lowest BCUT2D eigenvalue weighted by molar-refractivity contribution is -0.148. The van der Waals surface area contributed by atoms with Crippen LogP contribution in [0.5, 0.6) is 0 Å². The Bertz CT molecular complexity index is 348. The van der Waals surface area contributed by atoms with Gasteiger partial charge in [-0.3, -0.25) is 4.79 Å². The lowest BCUT2D eigenvalue weighted by Crippen LogP contribution is -2.33. The molecule has 1 unspecified atom stereocenters. The SMILES string of the molecule is CCCOCCC1(C(=O)O)CCS(=O)(=O)C1. The van der Waals surface area contributed by atoms with Gasteiger partial charge in [0, 0.05) is 13.2 Å². The highest BCUT2D eigenvalue weighted by atomic mass is 32.2. The van der Waals surface area contributed by atoms with E-state index in [1.165, 1.54) is 0 Å². The highest BCUT2D eigenvalue weighted by molar-refractivity contribution is 7.91. The second kappa shape index (κ2) is 5.14. The molecule has 1 saturated heterocycles. The quantitative estimate of drug-likeness (QED) is 0.702. The summed E-state index contributed by atoms with van der Waals surface area (Å²) in [5.74, 6) is -1.29. The van der Waals surface area contributed by atoms with Gasteiger partial charge in [0.25, 0.3) is 0 Å². The number of carbonyl (C=O) groups is 1. The average molecular weight is 250 g/mol. The van der Waals surface area contributed by atoms with Gasteiger partial charge < -0.3 is 9.84 Å². The Morgan fingerprint density at radius 2 is 2.12 bits per heavy atom. The van der Waals surface area contributed by atoms with E-state index in [0.717, 1.165) is 6.42 Å². The number of rotatable bonds is 6. The topological polar surface area (TPSA) is 80.7 Å². The van der Waals surface area contributed by atoms with Gasteiger partial charge >= 0.3 is 5.97 Å². The van der Waals surface area contributed by atoms with E-state index in [1.807, 2.05) is 6.92 Å². The first-order valence-corrected chi connectivity index (χ1v) is 7.25. The summed E-state index contributed by atoms with van der Waals surface area (Å²) < 4.78 is 27.9. The number of hydrogen-bond acceptors (Lipinski definition) is 4. The van der Waals surface area contributed by atoms with E-state index >= 15 is 0 Å². The number of sulfone groups is 1. The molecule has 0 amide bonds. The molecule has 6 heteroatoms. The molecule has 0 aromatic heterocycles. The van der Waals surface area contributed by atoms with E-state index in [-0.39, 0.29) is 24.3 Å². The first kappa shape index (κ1) is 13.4. The molecular weight excluding hydrogens is 232 g/mol. The fourth-order valence-corrected chi connectivity index (χ4v) is 4.00. The first-order chi connectivity index (χ1) is 7.42. The molecule has 0 bridgehead atoms. The van der Waals surface area contributed by atoms with Crippen molar-refractivity contribution >= 4 is 15.8 Å². The van der Waals surface area contributed by atoms with Crippen molar-refractivity contribution in [3.63, 3.8) is 0 Å². The fourth-order valence-electron chi connectivity index (χ4n) is 1.90. The minimum Gasteiger partial charge on any atom is -0.481 e. The minimum atomic E-state index is -3.18. The summed E-state index contributed by atoms with van der Waals surface area (Å²) in [5.41, 5.74) is -1.12. The first-order valence-electron chi connectivity index (χ1n) is 5.43. The number of carboxylic acids is 1. The summed E-state index contributed by atoms with van der Waals surface area (Å²) in [5, 5.41) is 9.13. The van der Waals surface area contributed by atoms with Crippen LogP contribution in [0.4, 0.5) is 0 Å². The molecule has 0 radical (unpaired) electrons. The summed E-state index contributed by atoms with van der Waals surface area (Å²) in [4.78, 5) is 11.2. The van der Waals surface area contributed by atoms with Crippen molar-refractivity contribution in [2.75, 3.05) is 24.7 Å². The van der Waals surface area contributed by atoms with Gasteiger partial charge in [-0.15, -0.1) is 0 Å². The molecule has 0 aliphatic carbocycles. The van der Waals surface area contributed by atoms with Crippen molar-refractivity contribution in [1.82, 2.24) is 0 Å². The standard InChI is InChI=1S/C10H18O5S/c1-2-5-15-6-3-10(9(11)12)4-7-16(13,14)8-10/h2-8H2,1H3,(H,11,12). The van der Waals surface area contributed by atoms with Crippen LogP contribution in [0.15, 0.2) is 0 Å². The fraction of sp³-hybridized carbons (Fsp3) is 0.900. The van der Waals surface area contributed by atoms with Crippen molar-refractivity contribution in [3.05, 3.63) is 0 Å². The van der Waals surface area contributed by atoms with E-state index in [4.69, 9.17) is 9.84 Å². The van der Waals surface area contributed by atoms with Crippen LogP contribution < -0.4 is 0 Å². The second-order valence-electron chi connectivity index (χ2n) is 4.29. The lowest BCUT2D eigenvalue weighted by Gasteiger charge is -2.21. The van der Waals surface area contributed by atoms with Crippen molar-refractivity contribution in [2.45, 2.75) is 26.2 Å². The van der Waals surface area contributed by atoms with Crippen LogP contribution in [-0.2, 0) is 19.4 Å². The molecule has 1 N–H and O–H groups in total. The molecule has 1 aliphatic rings. The Morgan fingerprint density at radius 1 is 1.44 bits per heavy atom. The van der Waals surface area contributed by atoms with Gasteiger partial charge in [0.05, 0.1) is 16.9 Å². The van der Waals surface area contributed by atoms with Crippen LogP contribution in [0.1, 0.15) is 26.2 Å². The largest absolute Gasteiger partial charge is 0.481 e. The average Bonchev–Trinajstić information content (AvgIpc) is 2.51. The van der Waals surface area contributed by atoms with Crippen molar-refractivity contribution in [2.24, 2.45) is 5.41 Å². The Hall–Kier alpha value is -0.620. The van der Waals surface area contributed by atoms with Crippen LogP contribution in [0.3, 0.4) is 0 Å². The summed E-state index contributed by atoms with van der Waals surface area (Å²) in [6.45, 7) is 2.87. The van der Waals surface area contributed by atoms with Crippen LogP contribution in [-0.4, -0.2) is 44.2 Å². The van der Waals surface area contributed by atoms with E-state index in [0.29, 0.717) is 13.2 Å². The zero-order chi connectivity index (χ0) is 12.2. The van der Waals surface area contributed by atoms with Crippen LogP contribution >= 0.6 is 0 Å². The van der Waals surface area contributed by atoms with Crippen molar-refractivity contribution in [3.8, 4) is 0 Å². The Morgan fingerprint density at radius 3 is 2.56 bits per heavy atom. The molecule has 0 saturated carbocycles. The molecule has 1 atom stereocenters. The summed E-state index contributed by atoms with van der Waals surface area (Å²) in [6.07, 6.45) is 1.36. The number of carboxylic acid groups (broad SMARTS) is 1. The highest BCUT2D eigenvalue weighted by Gasteiger charge is 2.47. The molecule has 0 spiro atoms. The second-order valence-corrected chi connectivity index (χ2v) is 6.47. The normalized spacial score (nSPS) is 28.1. The Kier molecular flexibility index (Phi) is 4.32. The smallest absolute Gasteiger partial charge is 0.310 e. The van der Waals surface area contributed by atoms with E-state index < -0.39 is 21.2 Å². The van der Waals surface area contributed by atoms with E-state index in [1.54, 1.807) is 0 Å². The number of aliphatic carboxylic acids is 1. The van der Waals surface area contributed by atoms with Crippen molar-refractivity contribution < 1.29 is 23.1 Å². The molecule has 16 heavy (non-hydrogen) atoms. The molecule has 0 aromatic rings. The van der Waals surface area contributed by atoms with Crippen LogP contribution in [0.25, 0.3) is 0 Å². The summed E-state index contributed by atoms with van der Waals surface area (Å²) in [7, 11) is -3.18. The van der Waals surface area contributed by atoms with Gasteiger partial charge in [0.1, 0.15) is 0 Å². The predicted molar refractivity (Wildman–Crippen MR) is 59.1 cm³/mol. The van der Waals surface area contributed by atoms with Gasteiger partial charge in [-0.2, -0.15) is 0 Å². The Balaban J connectivity index is 2.59. The number of hydrogen-bond donors (Lipinski definition) is 1. The maximum atomic E-state index is 11.3. The third-order valence-corrected chi connectivity index (χ3v) is 4.73. The van der Waals surface area contributed by atoms with E-state index in [2.05, 4.69) is 0 Å². The van der Waals surface area contributed by atoms with Crippen LogP contribution in [0, 0.1) is 5.41 Å².